The van der Waals surface area contributed by atoms with Crippen LogP contribution in [0.15, 0.2) is 18.2 Å². The van der Waals surface area contributed by atoms with E-state index in [-0.39, 0.29) is 24.5 Å². The molecular formula is C18H23ClN2O3. The van der Waals surface area contributed by atoms with Gasteiger partial charge >= 0.3 is 5.97 Å². The van der Waals surface area contributed by atoms with Crippen LogP contribution in [-0.2, 0) is 4.79 Å². The molecule has 1 aromatic rings. The van der Waals surface area contributed by atoms with Gasteiger partial charge in [-0.15, -0.1) is 0 Å². The fraction of sp³-hybridized carbons (Fsp3) is 0.556. The lowest BCUT2D eigenvalue weighted by Crippen LogP contribution is -2.55. The van der Waals surface area contributed by atoms with E-state index in [4.69, 9.17) is 16.7 Å². The van der Waals surface area contributed by atoms with Gasteiger partial charge < -0.3 is 10.4 Å². The Hall–Kier alpha value is -1.59. The lowest BCUT2D eigenvalue weighted by atomic mass is 9.85. The zero-order valence-corrected chi connectivity index (χ0v) is 14.6. The summed E-state index contributed by atoms with van der Waals surface area (Å²) in [4.78, 5) is 25.4. The Morgan fingerprint density at radius 1 is 1.29 bits per heavy atom. The fourth-order valence-corrected chi connectivity index (χ4v) is 3.58. The van der Waals surface area contributed by atoms with Crippen molar-refractivity contribution in [3.8, 4) is 0 Å². The van der Waals surface area contributed by atoms with Crippen molar-refractivity contribution in [3.63, 3.8) is 0 Å². The molecule has 2 aliphatic rings. The van der Waals surface area contributed by atoms with Crippen LogP contribution in [0.5, 0.6) is 0 Å². The molecule has 0 spiro atoms. The van der Waals surface area contributed by atoms with Gasteiger partial charge in [-0.25, -0.2) is 0 Å². The number of benzene rings is 1. The molecule has 0 aromatic heterocycles. The van der Waals surface area contributed by atoms with E-state index in [1.807, 2.05) is 19.1 Å². The van der Waals surface area contributed by atoms with Crippen LogP contribution in [0.3, 0.4) is 0 Å². The molecule has 1 aromatic carbocycles. The summed E-state index contributed by atoms with van der Waals surface area (Å²) in [5, 5.41) is 12.7. The minimum absolute atomic E-state index is 0.0926. The number of aliphatic carboxylic acids is 1. The minimum atomic E-state index is -0.780. The van der Waals surface area contributed by atoms with Gasteiger partial charge in [0, 0.05) is 29.2 Å². The first kappa shape index (κ1) is 17.2. The molecule has 2 fully saturated rings. The first-order chi connectivity index (χ1) is 11.4. The van der Waals surface area contributed by atoms with Gasteiger partial charge in [0.25, 0.3) is 5.91 Å². The van der Waals surface area contributed by atoms with Crippen molar-refractivity contribution in [2.24, 2.45) is 5.92 Å². The van der Waals surface area contributed by atoms with Crippen molar-refractivity contribution in [1.29, 1.82) is 0 Å². The Balaban J connectivity index is 1.51. The first-order valence-electron chi connectivity index (χ1n) is 8.44. The number of amides is 1. The summed E-state index contributed by atoms with van der Waals surface area (Å²) in [6, 6.07) is 5.68. The van der Waals surface area contributed by atoms with Crippen LogP contribution >= 0.6 is 11.6 Å². The molecule has 2 aliphatic carbocycles. The maximum absolute atomic E-state index is 12.3. The smallest absolute Gasteiger partial charge is 0.317 e. The third-order valence-electron chi connectivity index (χ3n) is 4.80. The van der Waals surface area contributed by atoms with Crippen LogP contribution in [0.1, 0.15) is 41.6 Å². The van der Waals surface area contributed by atoms with Gasteiger partial charge in [-0.1, -0.05) is 11.6 Å². The zero-order chi connectivity index (χ0) is 17.3. The number of carboxylic acid groups (broad SMARTS) is 1. The van der Waals surface area contributed by atoms with Crippen molar-refractivity contribution < 1.29 is 14.7 Å². The summed E-state index contributed by atoms with van der Waals surface area (Å²) in [6.07, 6.45) is 4.03. The van der Waals surface area contributed by atoms with Crippen LogP contribution in [0.25, 0.3) is 0 Å². The third-order valence-corrected chi connectivity index (χ3v) is 5.02. The zero-order valence-electron chi connectivity index (χ0n) is 13.8. The second-order valence-corrected chi connectivity index (χ2v) is 7.52. The topological polar surface area (TPSA) is 69.6 Å². The minimum Gasteiger partial charge on any atom is -0.480 e. The average Bonchev–Trinajstić information content (AvgIpc) is 3.23. The van der Waals surface area contributed by atoms with E-state index in [1.165, 1.54) is 12.8 Å². The normalized spacial score (nSPS) is 23.0. The molecule has 0 bridgehead atoms. The van der Waals surface area contributed by atoms with Gasteiger partial charge in [-0.2, -0.15) is 0 Å². The lowest BCUT2D eigenvalue weighted by Gasteiger charge is -2.42. The van der Waals surface area contributed by atoms with Crippen LogP contribution in [0.4, 0.5) is 0 Å². The fourth-order valence-electron chi connectivity index (χ4n) is 3.29. The molecule has 0 unspecified atom stereocenters. The molecule has 24 heavy (non-hydrogen) atoms. The van der Waals surface area contributed by atoms with Crippen molar-refractivity contribution in [1.82, 2.24) is 10.2 Å². The number of carbonyl (C=O) groups excluding carboxylic acids is 1. The van der Waals surface area contributed by atoms with E-state index in [2.05, 4.69) is 10.2 Å². The number of rotatable bonds is 7. The summed E-state index contributed by atoms with van der Waals surface area (Å²) in [5.74, 6) is -0.235. The molecule has 0 atom stereocenters. The van der Waals surface area contributed by atoms with Gasteiger partial charge in [-0.3, -0.25) is 14.5 Å². The van der Waals surface area contributed by atoms with Gasteiger partial charge in [0.1, 0.15) is 0 Å². The highest BCUT2D eigenvalue weighted by molar-refractivity contribution is 6.31. The lowest BCUT2D eigenvalue weighted by molar-refractivity contribution is -0.139. The molecule has 2 saturated carbocycles. The first-order valence-corrected chi connectivity index (χ1v) is 8.82. The maximum Gasteiger partial charge on any atom is 0.317 e. The molecule has 3 rings (SSSR count). The summed E-state index contributed by atoms with van der Waals surface area (Å²) < 4.78 is 0. The largest absolute Gasteiger partial charge is 0.480 e. The van der Waals surface area contributed by atoms with E-state index < -0.39 is 5.97 Å². The summed E-state index contributed by atoms with van der Waals surface area (Å²) in [7, 11) is 0. The van der Waals surface area contributed by atoms with Gasteiger partial charge in [0.15, 0.2) is 0 Å². The Morgan fingerprint density at radius 2 is 2.00 bits per heavy atom. The molecule has 2 N–H and O–H groups in total. The molecule has 0 saturated heterocycles. The number of nitrogens with zero attached hydrogens (tertiary/aromatic N) is 1. The quantitative estimate of drug-likeness (QED) is 0.793. The summed E-state index contributed by atoms with van der Waals surface area (Å²) in [6.45, 7) is 2.87. The van der Waals surface area contributed by atoms with Crippen LogP contribution in [0.2, 0.25) is 5.02 Å². The Bertz CT molecular complexity index is 619. The van der Waals surface area contributed by atoms with Gasteiger partial charge in [0.2, 0.25) is 0 Å². The van der Waals surface area contributed by atoms with E-state index in [1.54, 1.807) is 6.07 Å². The van der Waals surface area contributed by atoms with E-state index in [0.717, 1.165) is 24.9 Å². The standard InChI is InChI=1S/C18H23ClN2O3/c1-11-4-13(6-14(19)5-11)18(24)20-15-7-16(8-15)21(10-17(22)23)9-12-2-3-12/h4-6,12,15-16H,2-3,7-10H2,1H3,(H,20,24)(H,22,23). The number of carboxylic acids is 1. The Kier molecular flexibility index (Phi) is 5.11. The highest BCUT2D eigenvalue weighted by Crippen LogP contribution is 2.33. The number of hydrogen-bond acceptors (Lipinski definition) is 3. The van der Waals surface area contributed by atoms with Gasteiger partial charge in [-0.05, 0) is 62.3 Å². The molecule has 0 aliphatic heterocycles. The van der Waals surface area contributed by atoms with E-state index in [9.17, 15) is 9.59 Å². The predicted molar refractivity (Wildman–Crippen MR) is 92.4 cm³/mol. The van der Waals surface area contributed by atoms with Crippen LogP contribution in [-0.4, -0.2) is 47.1 Å². The van der Waals surface area contributed by atoms with Gasteiger partial charge in [0.05, 0.1) is 6.54 Å². The highest BCUT2D eigenvalue weighted by atomic mass is 35.5. The highest BCUT2D eigenvalue weighted by Gasteiger charge is 2.37. The monoisotopic (exact) mass is 350 g/mol. The van der Waals surface area contributed by atoms with Crippen molar-refractivity contribution in [3.05, 3.63) is 34.3 Å². The average molecular weight is 351 g/mol. The second-order valence-electron chi connectivity index (χ2n) is 7.08. The van der Waals surface area contributed by atoms with Crippen molar-refractivity contribution in [2.75, 3.05) is 13.1 Å². The number of nitrogens with one attached hydrogen (secondary N) is 1. The Morgan fingerprint density at radius 3 is 2.58 bits per heavy atom. The molecule has 0 heterocycles. The molecule has 1 amide bonds. The van der Waals surface area contributed by atoms with Crippen LogP contribution in [0, 0.1) is 12.8 Å². The molecule has 5 nitrogen and oxygen atoms in total. The SMILES string of the molecule is Cc1cc(Cl)cc(C(=O)NC2CC(N(CC(=O)O)CC3CC3)C2)c1. The predicted octanol–water partition coefficient (Wildman–Crippen LogP) is 2.71. The van der Waals surface area contributed by atoms with Crippen molar-refractivity contribution >= 4 is 23.5 Å². The maximum atomic E-state index is 12.3. The number of halogens is 1. The number of carbonyl (C=O) groups is 2. The summed E-state index contributed by atoms with van der Waals surface area (Å²) in [5.41, 5.74) is 1.53. The third kappa shape index (κ3) is 4.48. The molecule has 130 valence electrons. The molecule has 6 heteroatoms. The summed E-state index contributed by atoms with van der Waals surface area (Å²) >= 11 is 6.00. The van der Waals surface area contributed by atoms with E-state index in [0.29, 0.717) is 16.5 Å². The van der Waals surface area contributed by atoms with Crippen molar-refractivity contribution in [2.45, 2.75) is 44.7 Å². The Labute approximate surface area is 147 Å². The number of hydrogen-bond donors (Lipinski definition) is 2. The van der Waals surface area contributed by atoms with Crippen LogP contribution < -0.4 is 5.32 Å². The second kappa shape index (κ2) is 7.11. The molecule has 0 radical (unpaired) electrons. The van der Waals surface area contributed by atoms with E-state index >= 15 is 0 Å². The number of aryl methyl sites for hydroxylation is 1. The molecular weight excluding hydrogens is 328 g/mol.